The lowest BCUT2D eigenvalue weighted by Gasteiger charge is -2.29. The molecular weight excluding hydrogens is 454 g/mol. The van der Waals surface area contributed by atoms with Crippen molar-refractivity contribution in [3.05, 3.63) is 76.1 Å². The van der Waals surface area contributed by atoms with Crippen LogP contribution in [-0.4, -0.2) is 47.1 Å². The van der Waals surface area contributed by atoms with Gasteiger partial charge in [0.05, 0.1) is 17.0 Å². The summed E-state index contributed by atoms with van der Waals surface area (Å²) in [6.07, 6.45) is 3.33. The maximum Gasteiger partial charge on any atom is 0.298 e. The first kappa shape index (κ1) is 23.1. The Morgan fingerprint density at radius 2 is 2.00 bits per heavy atom. The van der Waals surface area contributed by atoms with Gasteiger partial charge in [-0.05, 0) is 37.1 Å². The Labute approximate surface area is 201 Å². The lowest BCUT2D eigenvalue weighted by molar-refractivity contribution is -0.126. The third-order valence-electron chi connectivity index (χ3n) is 5.33. The molecule has 4 rings (SSSR count). The van der Waals surface area contributed by atoms with Crippen LogP contribution >= 0.6 is 23.1 Å². The summed E-state index contributed by atoms with van der Waals surface area (Å²) in [6.45, 7) is 1.89. The van der Waals surface area contributed by atoms with Gasteiger partial charge in [-0.25, -0.2) is 4.98 Å². The van der Waals surface area contributed by atoms with Gasteiger partial charge in [0.15, 0.2) is 0 Å². The predicted octanol–water partition coefficient (Wildman–Crippen LogP) is 4.16. The first-order valence-electron chi connectivity index (χ1n) is 10.9. The topological polar surface area (TPSA) is 75.4 Å². The van der Waals surface area contributed by atoms with E-state index in [-0.39, 0.29) is 17.7 Å². The molecule has 0 spiro atoms. The number of amides is 2. The lowest BCUT2D eigenvalue weighted by Crippen LogP contribution is -2.37. The van der Waals surface area contributed by atoms with E-state index in [1.165, 1.54) is 11.3 Å². The highest BCUT2D eigenvalue weighted by Gasteiger charge is 2.25. The highest BCUT2D eigenvalue weighted by molar-refractivity contribution is 7.98. The van der Waals surface area contributed by atoms with Crippen molar-refractivity contribution in [1.82, 2.24) is 15.2 Å². The zero-order valence-electron chi connectivity index (χ0n) is 18.2. The highest BCUT2D eigenvalue weighted by Crippen LogP contribution is 2.30. The summed E-state index contributed by atoms with van der Waals surface area (Å²) in [4.78, 5) is 31.2. The van der Waals surface area contributed by atoms with E-state index >= 15 is 0 Å². The Morgan fingerprint density at radius 3 is 2.76 bits per heavy atom. The van der Waals surface area contributed by atoms with Gasteiger partial charge in [0.2, 0.25) is 0 Å². The molecule has 1 N–H and O–H groups in total. The summed E-state index contributed by atoms with van der Waals surface area (Å²) in [5.41, 5.74) is 1.31. The van der Waals surface area contributed by atoms with E-state index < -0.39 is 0 Å². The number of thioether (sulfide) groups is 1. The molecule has 0 bridgehead atoms. The zero-order valence-corrected chi connectivity index (χ0v) is 19.8. The van der Waals surface area contributed by atoms with Crippen molar-refractivity contribution in [1.29, 1.82) is 0 Å². The molecule has 2 aromatic heterocycles. The number of hydrogen-bond acceptors (Lipinski definition) is 6. The molecule has 6 nitrogen and oxygen atoms in total. The van der Waals surface area contributed by atoms with Crippen molar-refractivity contribution in [2.75, 3.05) is 25.4 Å². The number of carbonyl (C=O) groups excluding carboxylic acids is 2. The van der Waals surface area contributed by atoms with E-state index in [0.717, 1.165) is 40.7 Å². The number of carbonyl (C=O) groups is 2. The predicted molar refractivity (Wildman–Crippen MR) is 131 cm³/mol. The van der Waals surface area contributed by atoms with Crippen molar-refractivity contribution >= 4 is 34.9 Å². The molecule has 1 aliphatic heterocycles. The van der Waals surface area contributed by atoms with Crippen molar-refractivity contribution in [2.45, 2.75) is 24.5 Å². The number of benzene rings is 1. The molecule has 3 heterocycles. The minimum atomic E-state index is -0.139. The molecule has 0 saturated carbocycles. The normalized spacial score (nSPS) is 13.9. The molecule has 0 unspecified atom stereocenters. The molecule has 0 radical (unpaired) electrons. The fraction of sp³-hybridized carbons (Fsp3) is 0.320. The van der Waals surface area contributed by atoms with Gasteiger partial charge in [0.25, 0.3) is 11.8 Å². The Kier molecular flexibility index (Phi) is 8.23. The van der Waals surface area contributed by atoms with Crippen LogP contribution in [0, 0.1) is 11.8 Å². The summed E-state index contributed by atoms with van der Waals surface area (Å²) in [5, 5.41) is 5.72. The maximum atomic E-state index is 12.4. The number of aromatic nitrogens is 1. The van der Waals surface area contributed by atoms with Gasteiger partial charge in [-0.3, -0.25) is 9.59 Å². The quantitative estimate of drug-likeness (QED) is 0.407. The summed E-state index contributed by atoms with van der Waals surface area (Å²) in [7, 11) is 0. The second-order valence-corrected chi connectivity index (χ2v) is 9.64. The molecule has 0 aliphatic carbocycles. The second-order valence-electron chi connectivity index (χ2n) is 7.64. The van der Waals surface area contributed by atoms with Gasteiger partial charge in [-0.1, -0.05) is 24.1 Å². The van der Waals surface area contributed by atoms with E-state index in [0.29, 0.717) is 25.3 Å². The first-order chi connectivity index (χ1) is 16.2. The summed E-state index contributed by atoms with van der Waals surface area (Å²) in [6, 6.07) is 13.3. The van der Waals surface area contributed by atoms with Crippen molar-refractivity contribution in [3.63, 3.8) is 0 Å². The molecule has 1 aromatic carbocycles. The minimum absolute atomic E-state index is 0.138. The average Bonchev–Trinajstić information content (AvgIpc) is 3.56. The standard InChI is InChI=1S/C25H25N3O3S2/c29-23(9-8-19-5-2-1-3-6-19)28-13-10-20(11-14-28)25-27-22(18-33-25)24(30)26-12-16-32-17-21-7-4-15-31-21/h1-7,15,18,20H,10-14,16-17H2,(H,26,30). The Bertz CT molecular complexity index is 1110. The molecule has 3 aromatic rings. The van der Waals surface area contributed by atoms with E-state index in [1.807, 2.05) is 47.8 Å². The van der Waals surface area contributed by atoms with Crippen LogP contribution < -0.4 is 5.32 Å². The molecule has 2 amide bonds. The highest BCUT2D eigenvalue weighted by atomic mass is 32.2. The van der Waals surface area contributed by atoms with E-state index in [1.54, 1.807) is 22.9 Å². The average molecular weight is 480 g/mol. The summed E-state index contributed by atoms with van der Waals surface area (Å²) >= 11 is 3.24. The number of nitrogens with one attached hydrogen (secondary N) is 1. The molecule has 1 saturated heterocycles. The van der Waals surface area contributed by atoms with Gasteiger partial charge < -0.3 is 14.6 Å². The molecule has 0 atom stereocenters. The number of hydrogen-bond donors (Lipinski definition) is 1. The zero-order chi connectivity index (χ0) is 22.9. The number of likely N-dealkylation sites (tertiary alicyclic amines) is 1. The van der Waals surface area contributed by atoms with Crippen LogP contribution in [0.25, 0.3) is 0 Å². The first-order valence-corrected chi connectivity index (χ1v) is 12.9. The number of piperidine rings is 1. The van der Waals surface area contributed by atoms with E-state index in [9.17, 15) is 9.59 Å². The second kappa shape index (κ2) is 11.7. The lowest BCUT2D eigenvalue weighted by atomic mass is 9.97. The smallest absolute Gasteiger partial charge is 0.298 e. The molecule has 1 fully saturated rings. The molecular formula is C25H25N3O3S2. The fourth-order valence-electron chi connectivity index (χ4n) is 3.53. The minimum Gasteiger partial charge on any atom is -0.468 e. The Hall–Kier alpha value is -3.02. The fourth-order valence-corrected chi connectivity index (χ4v) is 5.26. The van der Waals surface area contributed by atoms with E-state index in [4.69, 9.17) is 4.42 Å². The third kappa shape index (κ3) is 6.73. The number of rotatable bonds is 7. The monoisotopic (exact) mass is 479 g/mol. The van der Waals surface area contributed by atoms with Gasteiger partial charge in [0, 0.05) is 48.2 Å². The molecule has 170 valence electrons. The maximum absolute atomic E-state index is 12.4. The van der Waals surface area contributed by atoms with E-state index in [2.05, 4.69) is 22.1 Å². The van der Waals surface area contributed by atoms with Crippen LogP contribution in [-0.2, 0) is 10.5 Å². The van der Waals surface area contributed by atoms with Crippen molar-refractivity contribution < 1.29 is 14.0 Å². The SMILES string of the molecule is O=C(NCCSCc1ccco1)c1csc(C2CCN(C(=O)C#Cc3ccccc3)CC2)n1. The Balaban J connectivity index is 1.19. The largest absolute Gasteiger partial charge is 0.468 e. The number of thiazole rings is 1. The van der Waals surface area contributed by atoms with Gasteiger partial charge in [-0.2, -0.15) is 11.8 Å². The van der Waals surface area contributed by atoms with Gasteiger partial charge >= 0.3 is 0 Å². The van der Waals surface area contributed by atoms with Crippen LogP contribution in [0.1, 0.15) is 45.6 Å². The molecule has 33 heavy (non-hydrogen) atoms. The van der Waals surface area contributed by atoms with Crippen LogP contribution in [0.4, 0.5) is 0 Å². The van der Waals surface area contributed by atoms with Gasteiger partial charge in [-0.15, -0.1) is 11.3 Å². The molecule has 8 heteroatoms. The van der Waals surface area contributed by atoms with Crippen molar-refractivity contribution in [3.8, 4) is 11.8 Å². The Morgan fingerprint density at radius 1 is 1.18 bits per heavy atom. The van der Waals surface area contributed by atoms with Crippen molar-refractivity contribution in [2.24, 2.45) is 0 Å². The van der Waals surface area contributed by atoms with Crippen LogP contribution in [0.5, 0.6) is 0 Å². The third-order valence-corrected chi connectivity index (χ3v) is 7.32. The summed E-state index contributed by atoms with van der Waals surface area (Å²) in [5.74, 6) is 8.21. The number of nitrogens with zero attached hydrogens (tertiary/aromatic N) is 2. The molecule has 1 aliphatic rings. The van der Waals surface area contributed by atoms with Crippen LogP contribution in [0.15, 0.2) is 58.5 Å². The van der Waals surface area contributed by atoms with Crippen LogP contribution in [0.3, 0.4) is 0 Å². The number of furan rings is 1. The van der Waals surface area contributed by atoms with Crippen LogP contribution in [0.2, 0.25) is 0 Å². The van der Waals surface area contributed by atoms with Gasteiger partial charge in [0.1, 0.15) is 11.5 Å². The summed E-state index contributed by atoms with van der Waals surface area (Å²) < 4.78 is 5.30.